The Kier molecular flexibility index (Phi) is 5.29. The molecule has 1 fully saturated rings. The van der Waals surface area contributed by atoms with E-state index in [-0.39, 0.29) is 11.4 Å². The molecule has 0 spiro atoms. The summed E-state index contributed by atoms with van der Waals surface area (Å²) in [6, 6.07) is 10.4. The van der Waals surface area contributed by atoms with Crippen molar-refractivity contribution in [3.05, 3.63) is 35.9 Å². The van der Waals surface area contributed by atoms with Gasteiger partial charge in [0.05, 0.1) is 12.0 Å². The van der Waals surface area contributed by atoms with Crippen LogP contribution in [0.4, 0.5) is 13.2 Å². The smallest absolute Gasteiger partial charge is 0.475 e. The summed E-state index contributed by atoms with van der Waals surface area (Å²) in [4.78, 5) is 26.9. The molecule has 0 aromatic heterocycles. The Morgan fingerprint density at radius 1 is 1.35 bits per heavy atom. The van der Waals surface area contributed by atoms with Gasteiger partial charge in [-0.1, -0.05) is 30.3 Å². The number of amides is 1. The van der Waals surface area contributed by atoms with Gasteiger partial charge in [-0.05, 0) is 30.7 Å². The lowest BCUT2D eigenvalue weighted by molar-refractivity contribution is -0.192. The zero-order chi connectivity index (χ0) is 19.7. The third-order valence-electron chi connectivity index (χ3n) is 4.66. The predicted molar refractivity (Wildman–Crippen MR) is 88.4 cm³/mol. The molecular weight excluding hydrogens is 351 g/mol. The molecule has 0 bridgehead atoms. The molecule has 1 aromatic rings. The van der Waals surface area contributed by atoms with Crippen molar-refractivity contribution in [3.8, 4) is 0 Å². The summed E-state index contributed by atoms with van der Waals surface area (Å²) in [6.45, 7) is 2.05. The number of aliphatic imine (C=N–C) groups is 1. The summed E-state index contributed by atoms with van der Waals surface area (Å²) >= 11 is 0. The van der Waals surface area contributed by atoms with Crippen molar-refractivity contribution in [2.45, 2.75) is 37.4 Å². The number of hydrogen-bond acceptors (Lipinski definition) is 4. The third-order valence-corrected chi connectivity index (χ3v) is 4.66. The van der Waals surface area contributed by atoms with Crippen LogP contribution in [0, 0.1) is 5.92 Å². The predicted octanol–water partition coefficient (Wildman–Crippen LogP) is 2.36. The Balaban J connectivity index is 0.000000298. The highest BCUT2D eigenvalue weighted by Crippen LogP contribution is 2.56. The molecule has 3 atom stereocenters. The van der Waals surface area contributed by atoms with Crippen LogP contribution in [-0.4, -0.2) is 46.6 Å². The van der Waals surface area contributed by atoms with Crippen LogP contribution in [0.5, 0.6) is 0 Å². The van der Waals surface area contributed by atoms with Crippen molar-refractivity contribution in [1.82, 2.24) is 4.90 Å². The molecule has 2 aliphatic rings. The van der Waals surface area contributed by atoms with Crippen LogP contribution in [0.3, 0.4) is 0 Å². The number of guanidine groups is 1. The lowest BCUT2D eigenvalue weighted by atomic mass is 9.88. The highest BCUT2D eigenvalue weighted by Gasteiger charge is 2.53. The van der Waals surface area contributed by atoms with E-state index in [1.54, 1.807) is 7.05 Å². The van der Waals surface area contributed by atoms with Gasteiger partial charge in [0.2, 0.25) is 5.91 Å². The first kappa shape index (κ1) is 19.7. The van der Waals surface area contributed by atoms with Gasteiger partial charge >= 0.3 is 12.1 Å². The summed E-state index contributed by atoms with van der Waals surface area (Å²) in [5.74, 6) is -1.41. The first-order valence-electron chi connectivity index (χ1n) is 7.92. The Labute approximate surface area is 148 Å². The number of carboxylic acids is 1. The van der Waals surface area contributed by atoms with Crippen molar-refractivity contribution in [2.75, 3.05) is 7.05 Å². The van der Waals surface area contributed by atoms with Gasteiger partial charge in [0.1, 0.15) is 0 Å². The molecule has 0 unspecified atom stereocenters. The SMILES string of the molecule is CN1C(=O)C[C@@](C)([C@H]2C[C@H]2c2ccccc2)N=C1N.O=C(O)C(F)(F)F. The molecule has 1 amide bonds. The standard InChI is InChI=1S/C15H19N3O.C2HF3O2/c1-15(9-13(19)18(2)14(16)17-15)12-8-11(12)10-6-4-3-5-7-10;3-2(4,5)1(6)7/h3-7,11-12H,8-9H2,1-2H3,(H2,16,17);(H,6,7)/t11-,12-,15-;/m0./s1. The van der Waals surface area contributed by atoms with Crippen molar-refractivity contribution in [2.24, 2.45) is 16.6 Å². The molecule has 1 aromatic carbocycles. The van der Waals surface area contributed by atoms with Crippen LogP contribution in [0.2, 0.25) is 0 Å². The van der Waals surface area contributed by atoms with Crippen LogP contribution in [-0.2, 0) is 9.59 Å². The van der Waals surface area contributed by atoms with Crippen LogP contribution in [0.1, 0.15) is 31.2 Å². The molecule has 1 aliphatic heterocycles. The van der Waals surface area contributed by atoms with Gasteiger partial charge < -0.3 is 10.8 Å². The van der Waals surface area contributed by atoms with Gasteiger partial charge in [-0.3, -0.25) is 9.69 Å². The van der Waals surface area contributed by atoms with Gasteiger partial charge in [-0.15, -0.1) is 0 Å². The second-order valence-electron chi connectivity index (χ2n) is 6.62. The van der Waals surface area contributed by atoms with E-state index in [1.165, 1.54) is 10.5 Å². The minimum absolute atomic E-state index is 0.0636. The molecule has 3 rings (SSSR count). The zero-order valence-corrected chi connectivity index (χ0v) is 14.3. The monoisotopic (exact) mass is 371 g/mol. The fraction of sp³-hybridized carbons (Fsp3) is 0.471. The summed E-state index contributed by atoms with van der Waals surface area (Å²) in [7, 11) is 1.68. The number of rotatable bonds is 2. The molecule has 3 N–H and O–H groups in total. The minimum atomic E-state index is -5.08. The van der Waals surface area contributed by atoms with Gasteiger partial charge in [0, 0.05) is 7.05 Å². The van der Waals surface area contributed by atoms with Gasteiger partial charge in [0.15, 0.2) is 5.96 Å². The molecule has 0 radical (unpaired) electrons. The molecule has 6 nitrogen and oxygen atoms in total. The van der Waals surface area contributed by atoms with Crippen LogP contribution in [0.15, 0.2) is 35.3 Å². The number of carbonyl (C=O) groups excluding carboxylic acids is 1. The second kappa shape index (κ2) is 6.97. The number of benzene rings is 1. The number of aliphatic carboxylic acids is 1. The summed E-state index contributed by atoms with van der Waals surface area (Å²) in [6.07, 6.45) is -3.54. The highest BCUT2D eigenvalue weighted by molar-refractivity contribution is 5.98. The first-order chi connectivity index (χ1) is 12.0. The summed E-state index contributed by atoms with van der Waals surface area (Å²) < 4.78 is 31.7. The van der Waals surface area contributed by atoms with E-state index in [2.05, 4.69) is 36.2 Å². The number of halogens is 3. The van der Waals surface area contributed by atoms with Crippen molar-refractivity contribution < 1.29 is 27.9 Å². The van der Waals surface area contributed by atoms with E-state index >= 15 is 0 Å². The molecule has 26 heavy (non-hydrogen) atoms. The van der Waals surface area contributed by atoms with E-state index in [4.69, 9.17) is 15.6 Å². The van der Waals surface area contributed by atoms with E-state index in [9.17, 15) is 18.0 Å². The highest BCUT2D eigenvalue weighted by atomic mass is 19.4. The molecule has 9 heteroatoms. The Morgan fingerprint density at radius 2 is 1.88 bits per heavy atom. The fourth-order valence-electron chi connectivity index (χ4n) is 3.09. The normalized spacial score (nSPS) is 28.0. The lowest BCUT2D eigenvalue weighted by Crippen LogP contribution is -2.49. The van der Waals surface area contributed by atoms with Gasteiger partial charge in [0.25, 0.3) is 0 Å². The maximum atomic E-state index is 12.0. The third kappa shape index (κ3) is 4.33. The summed E-state index contributed by atoms with van der Waals surface area (Å²) in [5.41, 5.74) is 6.85. The average Bonchev–Trinajstić information content (AvgIpc) is 3.34. The lowest BCUT2D eigenvalue weighted by Gasteiger charge is -2.33. The number of nitrogens with zero attached hydrogens (tertiary/aromatic N) is 2. The maximum Gasteiger partial charge on any atom is 0.490 e. The van der Waals surface area contributed by atoms with Crippen LogP contribution in [0.25, 0.3) is 0 Å². The van der Waals surface area contributed by atoms with Crippen LogP contribution < -0.4 is 5.73 Å². The van der Waals surface area contributed by atoms with Gasteiger partial charge in [-0.25, -0.2) is 9.79 Å². The Hall–Kier alpha value is -2.58. The number of hydrogen-bond donors (Lipinski definition) is 2. The quantitative estimate of drug-likeness (QED) is 0.834. The van der Waals surface area contributed by atoms with Crippen LogP contribution >= 0.6 is 0 Å². The Bertz CT molecular complexity index is 721. The summed E-state index contributed by atoms with van der Waals surface area (Å²) in [5, 5.41) is 7.12. The molecule has 1 saturated carbocycles. The van der Waals surface area contributed by atoms with E-state index in [0.717, 1.165) is 6.42 Å². The van der Waals surface area contributed by atoms with Crippen molar-refractivity contribution in [1.29, 1.82) is 0 Å². The first-order valence-corrected chi connectivity index (χ1v) is 7.92. The topological polar surface area (TPSA) is 96.0 Å². The Morgan fingerprint density at radius 3 is 2.35 bits per heavy atom. The number of carbonyl (C=O) groups is 2. The van der Waals surface area contributed by atoms with E-state index in [1.807, 2.05) is 6.07 Å². The molecule has 1 heterocycles. The van der Waals surface area contributed by atoms with Gasteiger partial charge in [-0.2, -0.15) is 13.2 Å². The molecule has 1 aliphatic carbocycles. The number of nitrogens with two attached hydrogens (primary N) is 1. The van der Waals surface area contributed by atoms with E-state index in [0.29, 0.717) is 24.2 Å². The average molecular weight is 371 g/mol. The zero-order valence-electron chi connectivity index (χ0n) is 14.3. The largest absolute Gasteiger partial charge is 0.490 e. The minimum Gasteiger partial charge on any atom is -0.475 e. The molecule has 142 valence electrons. The van der Waals surface area contributed by atoms with Crippen molar-refractivity contribution in [3.63, 3.8) is 0 Å². The number of carboxylic acid groups (broad SMARTS) is 1. The second-order valence-corrected chi connectivity index (χ2v) is 6.62. The molecule has 0 saturated heterocycles. The van der Waals surface area contributed by atoms with E-state index < -0.39 is 12.1 Å². The number of alkyl halides is 3. The van der Waals surface area contributed by atoms with Crippen molar-refractivity contribution >= 4 is 17.8 Å². The molecular formula is C17H20F3N3O3. The fourth-order valence-corrected chi connectivity index (χ4v) is 3.09. The maximum absolute atomic E-state index is 12.0.